The lowest BCUT2D eigenvalue weighted by molar-refractivity contribution is 0.552. The van der Waals surface area contributed by atoms with E-state index in [-0.39, 0.29) is 23.1 Å². The van der Waals surface area contributed by atoms with Crippen molar-refractivity contribution in [2.45, 2.75) is 19.8 Å². The fourth-order valence-corrected chi connectivity index (χ4v) is 2.19. The predicted octanol–water partition coefficient (Wildman–Crippen LogP) is 5.33. The molecule has 0 aliphatic carbocycles. The van der Waals surface area contributed by atoms with E-state index in [9.17, 15) is 17.6 Å². The van der Waals surface area contributed by atoms with Crippen LogP contribution in [0, 0.1) is 35.1 Å². The summed E-state index contributed by atoms with van der Waals surface area (Å²) in [7, 11) is 0. The summed E-state index contributed by atoms with van der Waals surface area (Å²) in [6, 6.07) is 4.11. The van der Waals surface area contributed by atoms with Gasteiger partial charge in [-0.25, -0.2) is 17.6 Å². The van der Waals surface area contributed by atoms with E-state index < -0.39 is 29.0 Å². The van der Waals surface area contributed by atoms with Gasteiger partial charge in [0.05, 0.1) is 5.16 Å². The molecule has 2 aromatic carbocycles. The van der Waals surface area contributed by atoms with Crippen LogP contribution in [-0.2, 0) is 6.42 Å². The van der Waals surface area contributed by atoms with Gasteiger partial charge in [-0.15, -0.1) is 0 Å². The van der Waals surface area contributed by atoms with Crippen molar-refractivity contribution in [3.8, 4) is 11.8 Å². The lowest BCUT2D eigenvalue weighted by Gasteiger charge is -2.04. The Hall–Kier alpha value is -2.48. The van der Waals surface area contributed by atoms with Gasteiger partial charge < -0.3 is 0 Å². The molecule has 0 heterocycles. The van der Waals surface area contributed by atoms with Crippen molar-refractivity contribution in [2.75, 3.05) is 0 Å². The van der Waals surface area contributed by atoms with Crippen LogP contribution < -0.4 is 0 Å². The van der Waals surface area contributed by atoms with Crippen molar-refractivity contribution in [3.63, 3.8) is 0 Å². The number of thiocarbonyl (C=S) groups is 1. The van der Waals surface area contributed by atoms with E-state index in [2.05, 4.69) is 29.1 Å². The molecule has 0 N–H and O–H groups in total. The maximum atomic E-state index is 13.8. The van der Waals surface area contributed by atoms with E-state index in [0.29, 0.717) is 6.42 Å². The van der Waals surface area contributed by atoms with Crippen LogP contribution in [0.5, 0.6) is 0 Å². The quantitative estimate of drug-likeness (QED) is 0.316. The molecule has 0 aliphatic heterocycles. The number of aliphatic imine (C=N–C) groups is 1. The summed E-state index contributed by atoms with van der Waals surface area (Å²) in [5.41, 5.74) is -0.475. The number of hydrogen-bond acceptors (Lipinski definition) is 2. The maximum absolute atomic E-state index is 13.8. The predicted molar refractivity (Wildman–Crippen MR) is 87.4 cm³/mol. The van der Waals surface area contributed by atoms with Crippen LogP contribution in [0.25, 0.3) is 0 Å². The van der Waals surface area contributed by atoms with Crippen LogP contribution >= 0.6 is 12.2 Å². The highest BCUT2D eigenvalue weighted by Crippen LogP contribution is 2.23. The first-order valence-corrected chi connectivity index (χ1v) is 7.44. The van der Waals surface area contributed by atoms with Gasteiger partial charge in [0.2, 0.25) is 0 Å². The van der Waals surface area contributed by atoms with Crippen LogP contribution in [0.15, 0.2) is 29.3 Å². The van der Waals surface area contributed by atoms with Crippen molar-refractivity contribution in [1.29, 1.82) is 0 Å². The standard InChI is InChI=1S/C18H11F4NS/c1-2-3-13-14(19)6-11(7-15(13)20)4-5-12-8-16(21)18(23-10-24)17(22)9-12/h6-9H,2-3H2,1H3. The third kappa shape index (κ3) is 4.08. The Morgan fingerprint density at radius 1 is 0.875 bits per heavy atom. The van der Waals surface area contributed by atoms with E-state index in [4.69, 9.17) is 0 Å². The number of nitrogens with zero attached hydrogens (tertiary/aromatic N) is 1. The Bertz CT molecular complexity index is 844. The van der Waals surface area contributed by atoms with Crippen molar-refractivity contribution >= 4 is 23.1 Å². The van der Waals surface area contributed by atoms with Crippen molar-refractivity contribution < 1.29 is 17.6 Å². The second kappa shape index (κ2) is 7.87. The van der Waals surface area contributed by atoms with Crippen LogP contribution in [0.1, 0.15) is 30.0 Å². The molecular weight excluding hydrogens is 338 g/mol. The number of benzene rings is 2. The molecule has 0 spiro atoms. The third-order valence-electron chi connectivity index (χ3n) is 3.17. The molecular formula is C18H11F4NS. The molecule has 0 saturated carbocycles. The highest BCUT2D eigenvalue weighted by Gasteiger charge is 2.11. The monoisotopic (exact) mass is 349 g/mol. The third-order valence-corrected chi connectivity index (χ3v) is 3.26. The SMILES string of the molecule is CCCc1c(F)cc(C#Cc2cc(F)c(N=C=S)c(F)c2)cc1F. The van der Waals surface area contributed by atoms with E-state index in [1.165, 1.54) is 0 Å². The van der Waals surface area contributed by atoms with Gasteiger partial charge in [0, 0.05) is 16.7 Å². The number of isothiocyanates is 1. The molecule has 24 heavy (non-hydrogen) atoms. The topological polar surface area (TPSA) is 12.4 Å². The van der Waals surface area contributed by atoms with Gasteiger partial charge in [0.1, 0.15) is 17.3 Å². The highest BCUT2D eigenvalue weighted by atomic mass is 32.1. The molecule has 2 aromatic rings. The number of hydrogen-bond donors (Lipinski definition) is 0. The second-order valence-corrected chi connectivity index (χ2v) is 5.09. The van der Waals surface area contributed by atoms with Gasteiger partial charge in [-0.05, 0) is 42.9 Å². The molecule has 0 saturated heterocycles. The summed E-state index contributed by atoms with van der Waals surface area (Å²) >= 11 is 4.31. The summed E-state index contributed by atoms with van der Waals surface area (Å²) < 4.78 is 55.0. The Kier molecular flexibility index (Phi) is 5.86. The fourth-order valence-electron chi connectivity index (χ4n) is 2.10. The molecule has 1 nitrogen and oxygen atoms in total. The Morgan fingerprint density at radius 3 is 1.75 bits per heavy atom. The smallest absolute Gasteiger partial charge is 0.153 e. The molecule has 122 valence electrons. The molecule has 0 radical (unpaired) electrons. The minimum Gasteiger partial charge on any atom is -0.207 e. The van der Waals surface area contributed by atoms with Crippen molar-refractivity contribution in [1.82, 2.24) is 0 Å². The lowest BCUT2D eigenvalue weighted by Crippen LogP contribution is -1.96. The minimum absolute atomic E-state index is 0.00233. The molecule has 6 heteroatoms. The van der Waals surface area contributed by atoms with E-state index in [1.807, 2.05) is 12.1 Å². The molecule has 0 bridgehead atoms. The average Bonchev–Trinajstić information content (AvgIpc) is 2.52. The molecule has 0 aromatic heterocycles. The Morgan fingerprint density at radius 2 is 1.33 bits per heavy atom. The number of halogens is 4. The summed E-state index contributed by atoms with van der Waals surface area (Å²) in [5, 5.41) is 1.88. The minimum atomic E-state index is -0.952. The summed E-state index contributed by atoms with van der Waals surface area (Å²) in [6.45, 7) is 1.81. The molecule has 0 amide bonds. The molecule has 0 aliphatic rings. The Balaban J connectivity index is 2.39. The Labute approximate surface area is 142 Å². The molecule has 2 rings (SSSR count). The van der Waals surface area contributed by atoms with Gasteiger partial charge in [-0.3, -0.25) is 0 Å². The van der Waals surface area contributed by atoms with Crippen LogP contribution in [0.4, 0.5) is 23.2 Å². The zero-order valence-electron chi connectivity index (χ0n) is 12.6. The van der Waals surface area contributed by atoms with Gasteiger partial charge in [-0.2, -0.15) is 4.99 Å². The van der Waals surface area contributed by atoms with Crippen LogP contribution in [0.3, 0.4) is 0 Å². The summed E-state index contributed by atoms with van der Waals surface area (Å²) in [5.74, 6) is 1.67. The van der Waals surface area contributed by atoms with Crippen molar-refractivity contribution in [2.24, 2.45) is 4.99 Å². The normalized spacial score (nSPS) is 9.88. The first kappa shape index (κ1) is 17.9. The largest absolute Gasteiger partial charge is 0.207 e. The van der Waals surface area contributed by atoms with Gasteiger partial charge in [0.15, 0.2) is 11.6 Å². The fraction of sp³-hybridized carbons (Fsp3) is 0.167. The summed E-state index contributed by atoms with van der Waals surface area (Å²) in [4.78, 5) is 3.28. The van der Waals surface area contributed by atoms with E-state index in [1.54, 1.807) is 0 Å². The van der Waals surface area contributed by atoms with Crippen LogP contribution in [-0.4, -0.2) is 5.16 Å². The second-order valence-electron chi connectivity index (χ2n) is 4.91. The van der Waals surface area contributed by atoms with E-state index >= 15 is 0 Å². The maximum Gasteiger partial charge on any atom is 0.153 e. The van der Waals surface area contributed by atoms with E-state index in [0.717, 1.165) is 24.3 Å². The van der Waals surface area contributed by atoms with Crippen molar-refractivity contribution in [3.05, 3.63) is 64.2 Å². The van der Waals surface area contributed by atoms with Gasteiger partial charge in [0.25, 0.3) is 0 Å². The zero-order chi connectivity index (χ0) is 17.7. The average molecular weight is 349 g/mol. The highest BCUT2D eigenvalue weighted by molar-refractivity contribution is 7.78. The molecule has 0 unspecified atom stereocenters. The number of rotatable bonds is 3. The van der Waals surface area contributed by atoms with Gasteiger partial charge in [-0.1, -0.05) is 25.2 Å². The first-order valence-electron chi connectivity index (χ1n) is 7.03. The van der Waals surface area contributed by atoms with Crippen LogP contribution in [0.2, 0.25) is 0 Å². The zero-order valence-corrected chi connectivity index (χ0v) is 13.4. The summed E-state index contributed by atoms with van der Waals surface area (Å²) in [6.07, 6.45) is 0.887. The lowest BCUT2D eigenvalue weighted by atomic mass is 10.1. The van der Waals surface area contributed by atoms with Gasteiger partial charge >= 0.3 is 0 Å². The molecule has 0 fully saturated rings. The first-order chi connectivity index (χ1) is 11.5. The molecule has 0 atom stereocenters.